The van der Waals surface area contributed by atoms with E-state index < -0.39 is 0 Å². The van der Waals surface area contributed by atoms with Gasteiger partial charge in [0.25, 0.3) is 0 Å². The van der Waals surface area contributed by atoms with E-state index in [1.807, 2.05) is 0 Å². The van der Waals surface area contributed by atoms with Crippen molar-refractivity contribution in [1.82, 2.24) is 6.15 Å². The summed E-state index contributed by atoms with van der Waals surface area (Å²) in [6.07, 6.45) is 24.4. The van der Waals surface area contributed by atoms with Gasteiger partial charge in [0, 0.05) is 0 Å². The lowest BCUT2D eigenvalue weighted by atomic mass is 10.1. The minimum atomic E-state index is 0. The normalized spacial score (nSPS) is 10.8. The Balaban J connectivity index is 0. The van der Waals surface area contributed by atoms with Crippen LogP contribution in [0.25, 0.3) is 0 Å². The first-order chi connectivity index (χ1) is 8.91. The predicted molar refractivity (Wildman–Crippen MR) is 90.1 cm³/mol. The topological polar surface area (TPSA) is 35.0 Å². The largest absolute Gasteiger partial charge is 0.344 e. The first-order valence-corrected chi connectivity index (χ1v) is 8.56. The standard InChI is InChI=1S/C18H36.H3N/c1-3-5-7-9-11-13-15-17-18-16-14-12-10-8-6-4-2;/h17-18H,3-16H2,1-2H3;1H3/b18-17-;. The quantitative estimate of drug-likeness (QED) is 0.262. The van der Waals surface area contributed by atoms with Gasteiger partial charge >= 0.3 is 0 Å². The molecule has 0 aliphatic heterocycles. The second-order valence-electron chi connectivity index (χ2n) is 5.58. The zero-order valence-electron chi connectivity index (χ0n) is 13.8. The van der Waals surface area contributed by atoms with E-state index in [2.05, 4.69) is 26.0 Å². The Morgan fingerprint density at radius 1 is 0.474 bits per heavy atom. The summed E-state index contributed by atoms with van der Waals surface area (Å²) in [4.78, 5) is 0. The first-order valence-electron chi connectivity index (χ1n) is 8.56. The maximum atomic E-state index is 2.41. The molecule has 0 saturated heterocycles. The van der Waals surface area contributed by atoms with Crippen LogP contribution in [0, 0.1) is 0 Å². The van der Waals surface area contributed by atoms with Crippen molar-refractivity contribution in [2.24, 2.45) is 0 Å². The fourth-order valence-corrected chi connectivity index (χ4v) is 2.32. The van der Waals surface area contributed by atoms with Crippen LogP contribution in [0.2, 0.25) is 0 Å². The molecular formula is C18H39N. The van der Waals surface area contributed by atoms with Gasteiger partial charge in [0.2, 0.25) is 0 Å². The van der Waals surface area contributed by atoms with Crippen molar-refractivity contribution in [3.05, 3.63) is 12.2 Å². The van der Waals surface area contributed by atoms with Gasteiger partial charge in [0.15, 0.2) is 0 Å². The molecule has 0 rings (SSSR count). The summed E-state index contributed by atoms with van der Waals surface area (Å²) in [7, 11) is 0. The lowest BCUT2D eigenvalue weighted by Gasteiger charge is -1.98. The molecule has 0 aromatic rings. The molecular weight excluding hydrogens is 230 g/mol. The highest BCUT2D eigenvalue weighted by atomic mass is 14.0. The number of allylic oxidation sites excluding steroid dienone is 2. The smallest absolute Gasteiger partial charge is 0.0351 e. The first kappa shape index (κ1) is 21.0. The summed E-state index contributed by atoms with van der Waals surface area (Å²) in [5.74, 6) is 0. The van der Waals surface area contributed by atoms with Gasteiger partial charge < -0.3 is 6.15 Å². The Morgan fingerprint density at radius 2 is 0.789 bits per heavy atom. The van der Waals surface area contributed by atoms with Crippen LogP contribution < -0.4 is 6.15 Å². The summed E-state index contributed by atoms with van der Waals surface area (Å²) in [5.41, 5.74) is 0. The van der Waals surface area contributed by atoms with Crippen molar-refractivity contribution in [2.75, 3.05) is 0 Å². The van der Waals surface area contributed by atoms with Gasteiger partial charge in [-0.3, -0.25) is 0 Å². The molecule has 0 unspecified atom stereocenters. The van der Waals surface area contributed by atoms with Gasteiger partial charge in [-0.1, -0.05) is 90.2 Å². The summed E-state index contributed by atoms with van der Waals surface area (Å²) < 4.78 is 0. The van der Waals surface area contributed by atoms with Crippen LogP contribution in [-0.2, 0) is 0 Å². The second-order valence-corrected chi connectivity index (χ2v) is 5.58. The van der Waals surface area contributed by atoms with Crippen LogP contribution in [0.5, 0.6) is 0 Å². The van der Waals surface area contributed by atoms with E-state index in [4.69, 9.17) is 0 Å². The molecule has 0 aliphatic rings. The van der Waals surface area contributed by atoms with Crippen molar-refractivity contribution in [1.29, 1.82) is 0 Å². The van der Waals surface area contributed by atoms with Gasteiger partial charge in [-0.05, 0) is 25.7 Å². The summed E-state index contributed by atoms with van der Waals surface area (Å²) >= 11 is 0. The van der Waals surface area contributed by atoms with Crippen molar-refractivity contribution in [3.8, 4) is 0 Å². The lowest BCUT2D eigenvalue weighted by molar-refractivity contribution is 0.606. The van der Waals surface area contributed by atoms with E-state index in [0.717, 1.165) is 0 Å². The van der Waals surface area contributed by atoms with Gasteiger partial charge in [0.1, 0.15) is 0 Å². The monoisotopic (exact) mass is 269 g/mol. The van der Waals surface area contributed by atoms with Gasteiger partial charge in [-0.2, -0.15) is 0 Å². The Hall–Kier alpha value is -0.300. The van der Waals surface area contributed by atoms with Crippen LogP contribution in [-0.4, -0.2) is 0 Å². The van der Waals surface area contributed by atoms with Crippen molar-refractivity contribution >= 4 is 0 Å². The molecule has 0 heterocycles. The third-order valence-electron chi connectivity index (χ3n) is 3.62. The van der Waals surface area contributed by atoms with E-state index in [9.17, 15) is 0 Å². The highest BCUT2D eigenvalue weighted by Crippen LogP contribution is 2.09. The Labute approximate surface area is 122 Å². The van der Waals surface area contributed by atoms with Gasteiger partial charge in [-0.25, -0.2) is 0 Å². The van der Waals surface area contributed by atoms with Crippen LogP contribution >= 0.6 is 0 Å². The maximum absolute atomic E-state index is 2.41. The Morgan fingerprint density at radius 3 is 1.16 bits per heavy atom. The average Bonchev–Trinajstić information content (AvgIpc) is 2.39. The molecule has 0 fully saturated rings. The molecule has 0 amide bonds. The highest BCUT2D eigenvalue weighted by Gasteiger charge is 1.89. The van der Waals surface area contributed by atoms with E-state index in [1.165, 1.54) is 89.9 Å². The number of hydrogen-bond acceptors (Lipinski definition) is 1. The molecule has 0 bridgehead atoms. The second kappa shape index (κ2) is 20.0. The summed E-state index contributed by atoms with van der Waals surface area (Å²) in [6, 6.07) is 0. The molecule has 1 heteroatoms. The Bertz CT molecular complexity index is 145. The lowest BCUT2D eigenvalue weighted by Crippen LogP contribution is -1.79. The molecule has 3 N–H and O–H groups in total. The SMILES string of the molecule is CCCCCCCC/C=C\CCCCCCCC.N. The van der Waals surface area contributed by atoms with E-state index in [-0.39, 0.29) is 6.15 Å². The fourth-order valence-electron chi connectivity index (χ4n) is 2.32. The molecule has 0 aromatic heterocycles. The Kier molecular flexibility index (Phi) is 22.1. The number of unbranched alkanes of at least 4 members (excludes halogenated alkanes) is 12. The summed E-state index contributed by atoms with van der Waals surface area (Å²) in [5, 5.41) is 0. The van der Waals surface area contributed by atoms with Crippen LogP contribution in [0.3, 0.4) is 0 Å². The molecule has 116 valence electrons. The molecule has 0 radical (unpaired) electrons. The van der Waals surface area contributed by atoms with E-state index >= 15 is 0 Å². The molecule has 0 spiro atoms. The average molecular weight is 270 g/mol. The molecule has 0 saturated carbocycles. The number of hydrogen-bond donors (Lipinski definition) is 1. The number of rotatable bonds is 14. The zero-order valence-corrected chi connectivity index (χ0v) is 13.8. The highest BCUT2D eigenvalue weighted by molar-refractivity contribution is 4.81. The van der Waals surface area contributed by atoms with Gasteiger partial charge in [-0.15, -0.1) is 0 Å². The molecule has 0 aromatic carbocycles. The van der Waals surface area contributed by atoms with Crippen molar-refractivity contribution < 1.29 is 0 Å². The van der Waals surface area contributed by atoms with Crippen molar-refractivity contribution in [3.63, 3.8) is 0 Å². The third kappa shape index (κ3) is 20.2. The van der Waals surface area contributed by atoms with E-state index in [0.29, 0.717) is 0 Å². The van der Waals surface area contributed by atoms with Gasteiger partial charge in [0.05, 0.1) is 0 Å². The minimum absolute atomic E-state index is 0. The fraction of sp³-hybridized carbons (Fsp3) is 0.889. The minimum Gasteiger partial charge on any atom is -0.344 e. The molecule has 0 aliphatic carbocycles. The maximum Gasteiger partial charge on any atom is -0.0351 e. The van der Waals surface area contributed by atoms with E-state index in [1.54, 1.807) is 0 Å². The van der Waals surface area contributed by atoms with Crippen LogP contribution in [0.15, 0.2) is 12.2 Å². The zero-order chi connectivity index (χ0) is 13.3. The van der Waals surface area contributed by atoms with Crippen molar-refractivity contribution in [2.45, 2.75) is 104 Å². The molecule has 19 heavy (non-hydrogen) atoms. The predicted octanol–water partition coefficient (Wildman–Crippen LogP) is 7.21. The molecule has 0 atom stereocenters. The third-order valence-corrected chi connectivity index (χ3v) is 3.62. The van der Waals surface area contributed by atoms with Crippen LogP contribution in [0.1, 0.15) is 104 Å². The van der Waals surface area contributed by atoms with Crippen LogP contribution in [0.4, 0.5) is 0 Å². The molecule has 1 nitrogen and oxygen atoms in total. The summed E-state index contributed by atoms with van der Waals surface area (Å²) in [6.45, 7) is 4.57.